The molecule has 0 spiro atoms. The number of hydrogen-bond donors (Lipinski definition) is 1. The minimum Gasteiger partial charge on any atom is -0.334 e. The van der Waals surface area contributed by atoms with Crippen LogP contribution in [0, 0.1) is 17.2 Å². The molecule has 2 aliphatic heterocycles. The molecule has 122 valence electrons. The van der Waals surface area contributed by atoms with Crippen LogP contribution in [0.5, 0.6) is 0 Å². The predicted octanol–water partition coefficient (Wildman–Crippen LogP) is 2.21. The van der Waals surface area contributed by atoms with Crippen LogP contribution >= 0.6 is 0 Å². The van der Waals surface area contributed by atoms with Gasteiger partial charge in [-0.25, -0.2) is 4.79 Å². The zero-order valence-corrected chi connectivity index (χ0v) is 13.4. The van der Waals surface area contributed by atoms with E-state index < -0.39 is 0 Å². The Morgan fingerprint density at radius 1 is 1.17 bits per heavy atom. The first-order valence-electron chi connectivity index (χ1n) is 8.46. The molecule has 0 unspecified atom stereocenters. The summed E-state index contributed by atoms with van der Waals surface area (Å²) >= 11 is 0. The molecule has 2 saturated heterocycles. The van der Waals surface area contributed by atoms with E-state index in [-0.39, 0.29) is 18.0 Å². The number of nitrogens with zero attached hydrogens (tertiary/aromatic N) is 3. The smallest absolute Gasteiger partial charge is 0.317 e. The van der Waals surface area contributed by atoms with Gasteiger partial charge < -0.3 is 10.2 Å². The van der Waals surface area contributed by atoms with Crippen molar-refractivity contribution in [2.45, 2.75) is 31.8 Å². The van der Waals surface area contributed by atoms with Crippen LogP contribution in [-0.2, 0) is 6.54 Å². The van der Waals surface area contributed by atoms with Gasteiger partial charge in [-0.15, -0.1) is 0 Å². The number of piperidine rings is 1. The Kier molecular flexibility index (Phi) is 5.14. The van der Waals surface area contributed by atoms with Gasteiger partial charge in [0, 0.05) is 44.7 Å². The Bertz CT molecular complexity index is 560. The van der Waals surface area contributed by atoms with Crippen LogP contribution in [0.3, 0.4) is 0 Å². The highest BCUT2D eigenvalue weighted by molar-refractivity contribution is 5.74. The summed E-state index contributed by atoms with van der Waals surface area (Å²) in [7, 11) is 0. The number of likely N-dealkylation sites (tertiary alicyclic amines) is 2. The summed E-state index contributed by atoms with van der Waals surface area (Å²) in [5, 5.41) is 12.1. The number of amides is 2. The lowest BCUT2D eigenvalue weighted by atomic mass is 9.99. The number of rotatable bonds is 3. The number of hydrogen-bond acceptors (Lipinski definition) is 3. The first-order valence-corrected chi connectivity index (χ1v) is 8.46. The van der Waals surface area contributed by atoms with Crippen molar-refractivity contribution in [2.75, 3.05) is 26.2 Å². The largest absolute Gasteiger partial charge is 0.334 e. The second-order valence-corrected chi connectivity index (χ2v) is 6.55. The standard InChI is InChI=1S/C18H24N4O/c19-12-15-6-10-22(11-7-15)18(23)20-17-8-9-21(14-17)13-16-4-2-1-3-5-16/h1-5,15,17H,6-11,13-14H2,(H,20,23)/t17-/m0/s1. The van der Waals surface area contributed by atoms with E-state index in [4.69, 9.17) is 5.26 Å². The molecule has 0 radical (unpaired) electrons. The van der Waals surface area contributed by atoms with Gasteiger partial charge in [-0.05, 0) is 24.8 Å². The maximum atomic E-state index is 12.3. The van der Waals surface area contributed by atoms with Crippen molar-refractivity contribution >= 4 is 6.03 Å². The SMILES string of the molecule is N#CC1CCN(C(=O)N[C@H]2CCN(Cc3ccccc3)C2)CC1. The molecule has 23 heavy (non-hydrogen) atoms. The van der Waals surface area contributed by atoms with Gasteiger partial charge >= 0.3 is 6.03 Å². The summed E-state index contributed by atoms with van der Waals surface area (Å²) in [6, 6.07) is 13.0. The van der Waals surface area contributed by atoms with Gasteiger partial charge in [-0.2, -0.15) is 5.26 Å². The van der Waals surface area contributed by atoms with Crippen LogP contribution in [0.2, 0.25) is 0 Å². The second-order valence-electron chi connectivity index (χ2n) is 6.55. The van der Waals surface area contributed by atoms with E-state index in [0.29, 0.717) is 13.1 Å². The summed E-state index contributed by atoms with van der Waals surface area (Å²) in [6.07, 6.45) is 2.61. The number of urea groups is 1. The van der Waals surface area contributed by atoms with Crippen molar-refractivity contribution in [2.24, 2.45) is 5.92 Å². The normalized spacial score (nSPS) is 22.7. The maximum absolute atomic E-state index is 12.3. The van der Waals surface area contributed by atoms with Crippen LogP contribution in [0.15, 0.2) is 30.3 Å². The van der Waals surface area contributed by atoms with Crippen LogP contribution in [-0.4, -0.2) is 48.1 Å². The fourth-order valence-corrected chi connectivity index (χ4v) is 3.41. The number of nitrogens with one attached hydrogen (secondary N) is 1. The topological polar surface area (TPSA) is 59.4 Å². The third-order valence-electron chi connectivity index (χ3n) is 4.81. The number of carbonyl (C=O) groups excluding carboxylic acids is 1. The monoisotopic (exact) mass is 312 g/mol. The van der Waals surface area contributed by atoms with E-state index in [0.717, 1.165) is 38.9 Å². The Morgan fingerprint density at radius 2 is 1.91 bits per heavy atom. The average Bonchev–Trinajstić information content (AvgIpc) is 3.02. The molecule has 1 N–H and O–H groups in total. The number of nitriles is 1. The van der Waals surface area contributed by atoms with Crippen LogP contribution < -0.4 is 5.32 Å². The zero-order valence-electron chi connectivity index (χ0n) is 13.4. The highest BCUT2D eigenvalue weighted by Crippen LogP contribution is 2.17. The molecule has 5 nitrogen and oxygen atoms in total. The van der Waals surface area contributed by atoms with E-state index in [1.165, 1.54) is 5.56 Å². The van der Waals surface area contributed by atoms with Crippen LogP contribution in [0.4, 0.5) is 4.79 Å². The minimum atomic E-state index is 0.0351. The van der Waals surface area contributed by atoms with E-state index in [9.17, 15) is 4.79 Å². The van der Waals surface area contributed by atoms with E-state index in [1.54, 1.807) is 0 Å². The quantitative estimate of drug-likeness (QED) is 0.931. The fraction of sp³-hybridized carbons (Fsp3) is 0.556. The van der Waals surface area contributed by atoms with E-state index in [1.807, 2.05) is 11.0 Å². The molecular formula is C18H24N4O. The molecule has 2 amide bonds. The van der Waals surface area contributed by atoms with E-state index in [2.05, 4.69) is 40.6 Å². The Balaban J connectivity index is 1.43. The Hall–Kier alpha value is -2.06. The number of benzene rings is 1. The molecule has 0 aromatic heterocycles. The molecule has 0 aliphatic carbocycles. The summed E-state index contributed by atoms with van der Waals surface area (Å²) < 4.78 is 0. The summed E-state index contributed by atoms with van der Waals surface area (Å²) in [4.78, 5) is 16.6. The second kappa shape index (κ2) is 7.47. The lowest BCUT2D eigenvalue weighted by Crippen LogP contribution is -2.48. The van der Waals surface area contributed by atoms with Gasteiger partial charge in [-0.3, -0.25) is 4.90 Å². The third-order valence-corrected chi connectivity index (χ3v) is 4.81. The third kappa shape index (κ3) is 4.23. The van der Waals surface area contributed by atoms with E-state index >= 15 is 0 Å². The first kappa shape index (κ1) is 15.8. The fourth-order valence-electron chi connectivity index (χ4n) is 3.41. The zero-order chi connectivity index (χ0) is 16.1. The summed E-state index contributed by atoms with van der Waals surface area (Å²) in [5.41, 5.74) is 1.32. The molecule has 1 aromatic carbocycles. The molecule has 1 aromatic rings. The highest BCUT2D eigenvalue weighted by atomic mass is 16.2. The maximum Gasteiger partial charge on any atom is 0.317 e. The minimum absolute atomic E-state index is 0.0351. The molecule has 2 heterocycles. The molecule has 2 fully saturated rings. The van der Waals surface area contributed by atoms with Crippen molar-refractivity contribution in [1.29, 1.82) is 5.26 Å². The van der Waals surface area contributed by atoms with Gasteiger partial charge in [0.2, 0.25) is 0 Å². The Labute approximate surface area is 137 Å². The molecule has 2 aliphatic rings. The molecule has 5 heteroatoms. The van der Waals surface area contributed by atoms with Crippen molar-refractivity contribution < 1.29 is 4.79 Å². The summed E-state index contributed by atoms with van der Waals surface area (Å²) in [6.45, 7) is 4.28. The van der Waals surface area contributed by atoms with Gasteiger partial charge in [0.25, 0.3) is 0 Å². The molecule has 0 saturated carbocycles. The predicted molar refractivity (Wildman–Crippen MR) is 88.6 cm³/mol. The van der Waals surface area contributed by atoms with Crippen LogP contribution in [0.25, 0.3) is 0 Å². The van der Waals surface area contributed by atoms with Crippen molar-refractivity contribution in [3.63, 3.8) is 0 Å². The first-order chi connectivity index (χ1) is 11.2. The average molecular weight is 312 g/mol. The van der Waals surface area contributed by atoms with Crippen molar-refractivity contribution in [1.82, 2.24) is 15.1 Å². The number of carbonyl (C=O) groups is 1. The van der Waals surface area contributed by atoms with Crippen molar-refractivity contribution in [3.8, 4) is 6.07 Å². The lowest BCUT2D eigenvalue weighted by molar-refractivity contribution is 0.175. The van der Waals surface area contributed by atoms with Gasteiger partial charge in [-0.1, -0.05) is 30.3 Å². The van der Waals surface area contributed by atoms with Crippen LogP contribution in [0.1, 0.15) is 24.8 Å². The Morgan fingerprint density at radius 3 is 2.61 bits per heavy atom. The molecule has 0 bridgehead atoms. The highest BCUT2D eigenvalue weighted by Gasteiger charge is 2.27. The van der Waals surface area contributed by atoms with Gasteiger partial charge in [0.1, 0.15) is 0 Å². The molecular weight excluding hydrogens is 288 g/mol. The molecule has 3 rings (SSSR count). The summed E-state index contributed by atoms with van der Waals surface area (Å²) in [5.74, 6) is 0.117. The lowest BCUT2D eigenvalue weighted by Gasteiger charge is -2.30. The van der Waals surface area contributed by atoms with Crippen molar-refractivity contribution in [3.05, 3.63) is 35.9 Å². The molecule has 1 atom stereocenters. The van der Waals surface area contributed by atoms with Gasteiger partial charge in [0.15, 0.2) is 0 Å². The van der Waals surface area contributed by atoms with Gasteiger partial charge in [0.05, 0.1) is 6.07 Å².